The van der Waals surface area contributed by atoms with E-state index in [1.165, 1.54) is 30.3 Å². The lowest BCUT2D eigenvalue weighted by Gasteiger charge is -2.19. The summed E-state index contributed by atoms with van der Waals surface area (Å²) < 4.78 is 46.3. The predicted molar refractivity (Wildman–Crippen MR) is 115 cm³/mol. The molecular formula is C23H22F3N3O3. The minimum absolute atomic E-state index is 0.0936. The van der Waals surface area contributed by atoms with Crippen LogP contribution in [0.25, 0.3) is 11.3 Å². The number of furan rings is 1. The van der Waals surface area contributed by atoms with E-state index in [1.807, 2.05) is 31.3 Å². The number of ether oxygens (including phenoxy) is 1. The third kappa shape index (κ3) is 5.23. The fourth-order valence-corrected chi connectivity index (χ4v) is 3.61. The lowest BCUT2D eigenvalue weighted by Crippen LogP contribution is -2.29. The number of alkyl halides is 3. The summed E-state index contributed by atoms with van der Waals surface area (Å²) in [7, 11) is 1.96. The maximum Gasteiger partial charge on any atom is 0.573 e. The van der Waals surface area contributed by atoms with Crippen molar-refractivity contribution >= 4 is 17.3 Å². The number of carbonyl (C=O) groups excluding carboxylic acids is 1. The summed E-state index contributed by atoms with van der Waals surface area (Å²) in [4.78, 5) is 14.8. The summed E-state index contributed by atoms with van der Waals surface area (Å²) in [6.07, 6.45) is -3.66. The van der Waals surface area contributed by atoms with Crippen molar-refractivity contribution in [1.29, 1.82) is 0 Å². The highest BCUT2D eigenvalue weighted by atomic mass is 19.4. The molecule has 1 aromatic heterocycles. The topological polar surface area (TPSA) is 66.7 Å². The molecule has 1 amide bonds. The van der Waals surface area contributed by atoms with Crippen LogP contribution in [-0.4, -0.2) is 38.4 Å². The van der Waals surface area contributed by atoms with Crippen LogP contribution in [0.3, 0.4) is 0 Å². The van der Waals surface area contributed by atoms with Crippen LogP contribution >= 0.6 is 0 Å². The zero-order chi connectivity index (χ0) is 22.7. The van der Waals surface area contributed by atoms with Crippen molar-refractivity contribution in [2.45, 2.75) is 18.8 Å². The van der Waals surface area contributed by atoms with E-state index in [0.29, 0.717) is 23.1 Å². The Morgan fingerprint density at radius 1 is 1.06 bits per heavy atom. The van der Waals surface area contributed by atoms with Crippen molar-refractivity contribution < 1.29 is 27.1 Å². The number of benzene rings is 2. The minimum atomic E-state index is -4.75. The summed E-state index contributed by atoms with van der Waals surface area (Å²) in [6.45, 7) is 1.93. The van der Waals surface area contributed by atoms with Crippen molar-refractivity contribution in [3.8, 4) is 17.1 Å². The largest absolute Gasteiger partial charge is 0.573 e. The molecule has 1 aliphatic rings. The lowest BCUT2D eigenvalue weighted by atomic mass is 10.2. The van der Waals surface area contributed by atoms with Crippen LogP contribution in [-0.2, 0) is 0 Å². The first-order valence-corrected chi connectivity index (χ1v) is 10.1. The molecule has 6 nitrogen and oxygen atoms in total. The molecule has 32 heavy (non-hydrogen) atoms. The summed E-state index contributed by atoms with van der Waals surface area (Å²) in [5.41, 5.74) is 2.25. The molecule has 9 heteroatoms. The van der Waals surface area contributed by atoms with E-state index in [9.17, 15) is 18.0 Å². The molecule has 0 spiro atoms. The first kappa shape index (κ1) is 21.8. The Morgan fingerprint density at radius 2 is 1.78 bits per heavy atom. The average molecular weight is 445 g/mol. The predicted octanol–water partition coefficient (Wildman–Crippen LogP) is 4.90. The highest BCUT2D eigenvalue weighted by molar-refractivity contribution is 6.02. The molecule has 0 bridgehead atoms. The molecule has 0 saturated carbocycles. The number of rotatable bonds is 6. The summed E-state index contributed by atoms with van der Waals surface area (Å²) in [6, 6.07) is 16.4. The van der Waals surface area contributed by atoms with Gasteiger partial charge in [-0.3, -0.25) is 4.79 Å². The quantitative estimate of drug-likeness (QED) is 0.565. The van der Waals surface area contributed by atoms with Gasteiger partial charge in [0.1, 0.15) is 11.5 Å². The van der Waals surface area contributed by atoms with Gasteiger partial charge in [-0.25, -0.2) is 0 Å². The first-order chi connectivity index (χ1) is 15.3. The number of hydrogen-bond donors (Lipinski definition) is 2. The number of carbonyl (C=O) groups is 1. The van der Waals surface area contributed by atoms with E-state index in [0.717, 1.165) is 25.2 Å². The van der Waals surface area contributed by atoms with E-state index in [-0.39, 0.29) is 11.5 Å². The van der Waals surface area contributed by atoms with Gasteiger partial charge in [0.15, 0.2) is 5.76 Å². The molecule has 2 heterocycles. The number of likely N-dealkylation sites (N-methyl/N-ethyl adjacent to an activating group) is 1. The van der Waals surface area contributed by atoms with Gasteiger partial charge in [0.25, 0.3) is 5.91 Å². The van der Waals surface area contributed by atoms with E-state index >= 15 is 0 Å². The second-order valence-electron chi connectivity index (χ2n) is 7.46. The van der Waals surface area contributed by atoms with Crippen LogP contribution < -0.4 is 20.3 Å². The molecule has 1 atom stereocenters. The second kappa shape index (κ2) is 8.96. The van der Waals surface area contributed by atoms with Gasteiger partial charge in [-0.2, -0.15) is 0 Å². The Labute approximate surface area is 183 Å². The van der Waals surface area contributed by atoms with Gasteiger partial charge in [-0.05, 0) is 74.1 Å². The van der Waals surface area contributed by atoms with Crippen LogP contribution in [0.5, 0.6) is 5.75 Å². The van der Waals surface area contributed by atoms with Crippen LogP contribution in [0.4, 0.5) is 24.5 Å². The lowest BCUT2D eigenvalue weighted by molar-refractivity contribution is -0.274. The molecule has 3 aromatic rings. The van der Waals surface area contributed by atoms with Crippen LogP contribution in [0.1, 0.15) is 17.0 Å². The zero-order valence-electron chi connectivity index (χ0n) is 17.3. The SMILES string of the molecule is CNC1CCN(c2ccc(NC(=O)c3ccc(-c4ccc(OC(F)(F)F)cc4)o3)cc2)C1. The number of halogens is 3. The average Bonchev–Trinajstić information content (AvgIpc) is 3.44. The number of nitrogens with one attached hydrogen (secondary N) is 2. The normalized spacial score (nSPS) is 16.2. The Kier molecular flexibility index (Phi) is 6.09. The molecule has 1 saturated heterocycles. The highest BCUT2D eigenvalue weighted by Gasteiger charge is 2.31. The smallest absolute Gasteiger partial charge is 0.451 e. The maximum atomic E-state index is 12.5. The fraction of sp³-hybridized carbons (Fsp3) is 0.261. The molecule has 0 aliphatic carbocycles. The van der Waals surface area contributed by atoms with Crippen molar-refractivity contribution in [1.82, 2.24) is 5.32 Å². The number of anilines is 2. The Morgan fingerprint density at radius 3 is 2.41 bits per heavy atom. The van der Waals surface area contributed by atoms with Crippen molar-refractivity contribution in [2.75, 3.05) is 30.4 Å². The molecular weight excluding hydrogens is 423 g/mol. The van der Waals surface area contributed by atoms with Crippen LogP contribution in [0, 0.1) is 0 Å². The highest BCUT2D eigenvalue weighted by Crippen LogP contribution is 2.28. The van der Waals surface area contributed by atoms with Crippen molar-refractivity contribution in [3.63, 3.8) is 0 Å². The van der Waals surface area contributed by atoms with E-state index in [4.69, 9.17) is 4.42 Å². The van der Waals surface area contributed by atoms with E-state index in [1.54, 1.807) is 6.07 Å². The van der Waals surface area contributed by atoms with Crippen LogP contribution in [0.2, 0.25) is 0 Å². The van der Waals surface area contributed by atoms with Gasteiger partial charge in [-0.15, -0.1) is 13.2 Å². The molecule has 4 rings (SSSR count). The number of nitrogens with zero attached hydrogens (tertiary/aromatic N) is 1. The van der Waals surface area contributed by atoms with Gasteiger partial charge >= 0.3 is 6.36 Å². The van der Waals surface area contributed by atoms with Gasteiger partial charge < -0.3 is 24.7 Å². The van der Waals surface area contributed by atoms with Gasteiger partial charge in [0.2, 0.25) is 0 Å². The Hall–Kier alpha value is -3.46. The van der Waals surface area contributed by atoms with Crippen molar-refractivity contribution in [3.05, 3.63) is 66.4 Å². The monoisotopic (exact) mass is 445 g/mol. The summed E-state index contributed by atoms with van der Waals surface area (Å²) in [5, 5.41) is 6.07. The first-order valence-electron chi connectivity index (χ1n) is 10.1. The summed E-state index contributed by atoms with van der Waals surface area (Å²) in [5.74, 6) is -0.296. The van der Waals surface area contributed by atoms with Crippen molar-refractivity contribution in [2.24, 2.45) is 0 Å². The molecule has 168 valence electrons. The molecule has 1 fully saturated rings. The molecule has 0 radical (unpaired) electrons. The van der Waals surface area contributed by atoms with Gasteiger partial charge in [0, 0.05) is 36.1 Å². The van der Waals surface area contributed by atoms with E-state index < -0.39 is 12.3 Å². The van der Waals surface area contributed by atoms with Gasteiger partial charge in [0.05, 0.1) is 0 Å². The minimum Gasteiger partial charge on any atom is -0.451 e. The molecule has 1 aliphatic heterocycles. The third-order valence-corrected chi connectivity index (χ3v) is 5.29. The maximum absolute atomic E-state index is 12.5. The second-order valence-corrected chi connectivity index (χ2v) is 7.46. The Bertz CT molecular complexity index is 1060. The fourth-order valence-electron chi connectivity index (χ4n) is 3.61. The number of amides is 1. The molecule has 2 N–H and O–H groups in total. The molecule has 1 unspecified atom stereocenters. The third-order valence-electron chi connectivity index (χ3n) is 5.29. The number of hydrogen-bond acceptors (Lipinski definition) is 5. The summed E-state index contributed by atoms with van der Waals surface area (Å²) >= 11 is 0. The van der Waals surface area contributed by atoms with Crippen LogP contribution in [0.15, 0.2) is 65.1 Å². The Balaban J connectivity index is 1.37. The zero-order valence-corrected chi connectivity index (χ0v) is 17.3. The van der Waals surface area contributed by atoms with E-state index in [2.05, 4.69) is 20.3 Å². The standard InChI is InChI=1S/C23H22F3N3O3/c1-27-17-12-13-29(14-17)18-6-4-16(5-7-18)28-22(30)21-11-10-20(31-21)15-2-8-19(9-3-15)32-23(24,25)26/h2-11,17,27H,12-14H2,1H3,(H,28,30). The van der Waals surface area contributed by atoms with Gasteiger partial charge in [-0.1, -0.05) is 0 Å². The molecule has 2 aromatic carbocycles.